The van der Waals surface area contributed by atoms with Gasteiger partial charge in [-0.25, -0.2) is 4.79 Å². The number of esters is 1. The van der Waals surface area contributed by atoms with E-state index in [0.717, 1.165) is 0 Å². The van der Waals surface area contributed by atoms with Crippen LogP contribution < -0.4 is 5.73 Å². The van der Waals surface area contributed by atoms with Crippen molar-refractivity contribution in [3.63, 3.8) is 0 Å². The maximum atomic E-state index is 11.8. The van der Waals surface area contributed by atoms with Gasteiger partial charge in [0.15, 0.2) is 5.76 Å². The van der Waals surface area contributed by atoms with Gasteiger partial charge < -0.3 is 14.9 Å². The lowest BCUT2D eigenvalue weighted by molar-refractivity contribution is 0.0525. The Balaban J connectivity index is 3.29. The van der Waals surface area contributed by atoms with Gasteiger partial charge in [0.25, 0.3) is 0 Å². The molecule has 0 radical (unpaired) electrons. The molecule has 0 unspecified atom stereocenters. The van der Waals surface area contributed by atoms with E-state index in [4.69, 9.17) is 14.9 Å². The standard InChI is InChI=1S/C15H19NO3/c1-5-8-9-11(6-2)14-13(16)12(10(4)19-14)15(17)18-7-3/h5-6,8-9H,2,7,16H2,1,3-4H3/b8-5-,11-9+. The third-order valence-electron chi connectivity index (χ3n) is 2.55. The minimum Gasteiger partial charge on any atom is -0.462 e. The minimum absolute atomic E-state index is 0.282. The van der Waals surface area contributed by atoms with Crippen LogP contribution >= 0.6 is 0 Å². The highest BCUT2D eigenvalue weighted by Gasteiger charge is 2.23. The van der Waals surface area contributed by atoms with Crippen LogP contribution in [-0.4, -0.2) is 12.6 Å². The molecule has 0 aliphatic heterocycles. The Kier molecular flexibility index (Phi) is 5.18. The number of nitrogen functional groups attached to an aromatic ring is 1. The third kappa shape index (κ3) is 3.16. The van der Waals surface area contributed by atoms with Crippen LogP contribution in [0.4, 0.5) is 5.69 Å². The van der Waals surface area contributed by atoms with Crippen LogP contribution in [0, 0.1) is 6.92 Å². The molecule has 1 heterocycles. The molecule has 1 aromatic rings. The van der Waals surface area contributed by atoms with Crippen LogP contribution in [0.5, 0.6) is 0 Å². The molecule has 0 amide bonds. The lowest BCUT2D eigenvalue weighted by atomic mass is 10.1. The van der Waals surface area contributed by atoms with Crippen LogP contribution in [0.1, 0.15) is 35.7 Å². The van der Waals surface area contributed by atoms with E-state index in [1.54, 1.807) is 19.9 Å². The SMILES string of the molecule is C=C/C(=C\C=C/C)c1oc(C)c(C(=O)OCC)c1N. The monoisotopic (exact) mass is 261 g/mol. The average molecular weight is 261 g/mol. The van der Waals surface area contributed by atoms with Gasteiger partial charge in [0.2, 0.25) is 0 Å². The molecule has 4 heteroatoms. The number of furan rings is 1. The topological polar surface area (TPSA) is 65.5 Å². The lowest BCUT2D eigenvalue weighted by Gasteiger charge is -2.01. The van der Waals surface area contributed by atoms with E-state index in [2.05, 4.69) is 6.58 Å². The summed E-state index contributed by atoms with van der Waals surface area (Å²) in [5, 5.41) is 0. The van der Waals surface area contributed by atoms with E-state index in [-0.39, 0.29) is 11.3 Å². The van der Waals surface area contributed by atoms with E-state index in [0.29, 0.717) is 23.7 Å². The molecule has 19 heavy (non-hydrogen) atoms. The van der Waals surface area contributed by atoms with Crippen LogP contribution in [0.2, 0.25) is 0 Å². The predicted molar refractivity (Wildman–Crippen MR) is 76.8 cm³/mol. The summed E-state index contributed by atoms with van der Waals surface area (Å²) >= 11 is 0. The van der Waals surface area contributed by atoms with Gasteiger partial charge in [-0.2, -0.15) is 0 Å². The first-order chi connectivity index (χ1) is 9.06. The molecule has 0 fully saturated rings. The van der Waals surface area contributed by atoms with Gasteiger partial charge in [0.1, 0.15) is 11.3 Å². The van der Waals surface area contributed by atoms with Crippen molar-refractivity contribution in [2.45, 2.75) is 20.8 Å². The molecule has 1 aromatic heterocycles. The summed E-state index contributed by atoms with van der Waals surface area (Å²) in [5.41, 5.74) is 7.26. The van der Waals surface area contributed by atoms with Gasteiger partial charge in [-0.05, 0) is 20.8 Å². The number of hydrogen-bond donors (Lipinski definition) is 1. The molecule has 0 aliphatic rings. The van der Waals surface area contributed by atoms with Crippen molar-refractivity contribution in [1.29, 1.82) is 0 Å². The fraction of sp³-hybridized carbons (Fsp3) is 0.267. The number of ether oxygens (including phenoxy) is 1. The van der Waals surface area contributed by atoms with Gasteiger partial charge in [-0.1, -0.05) is 30.9 Å². The van der Waals surface area contributed by atoms with Crippen LogP contribution in [0.25, 0.3) is 5.57 Å². The average Bonchev–Trinajstić information content (AvgIpc) is 2.66. The fourth-order valence-corrected chi connectivity index (χ4v) is 1.67. The molecule has 1 rings (SSSR count). The number of hydrogen-bond acceptors (Lipinski definition) is 4. The number of carbonyl (C=O) groups is 1. The Labute approximate surface area is 113 Å². The van der Waals surface area contributed by atoms with Crippen molar-refractivity contribution < 1.29 is 13.9 Å². The van der Waals surface area contributed by atoms with Gasteiger partial charge in [-0.3, -0.25) is 0 Å². The summed E-state index contributed by atoms with van der Waals surface area (Å²) in [6.07, 6.45) is 7.17. The Bertz CT molecular complexity index is 536. The number of rotatable bonds is 5. The van der Waals surface area contributed by atoms with E-state index in [9.17, 15) is 4.79 Å². The number of aryl methyl sites for hydroxylation is 1. The summed E-state index contributed by atoms with van der Waals surface area (Å²) in [6.45, 7) is 9.34. The van der Waals surface area contributed by atoms with Gasteiger partial charge in [-0.15, -0.1) is 0 Å². The first kappa shape index (κ1) is 14.8. The molecule has 0 aliphatic carbocycles. The zero-order chi connectivity index (χ0) is 14.4. The third-order valence-corrected chi connectivity index (χ3v) is 2.55. The van der Waals surface area contributed by atoms with Crippen molar-refractivity contribution >= 4 is 17.2 Å². The number of allylic oxidation sites excluding steroid dienone is 5. The van der Waals surface area contributed by atoms with Crippen LogP contribution in [-0.2, 0) is 4.74 Å². The maximum absolute atomic E-state index is 11.8. The van der Waals surface area contributed by atoms with Gasteiger partial charge in [0, 0.05) is 5.57 Å². The molecular weight excluding hydrogens is 242 g/mol. The lowest BCUT2D eigenvalue weighted by Crippen LogP contribution is -2.07. The molecule has 4 nitrogen and oxygen atoms in total. The van der Waals surface area contributed by atoms with Crippen molar-refractivity contribution in [2.24, 2.45) is 0 Å². The Morgan fingerprint density at radius 3 is 2.74 bits per heavy atom. The molecule has 0 spiro atoms. The van der Waals surface area contributed by atoms with Gasteiger partial charge in [0.05, 0.1) is 12.3 Å². The van der Waals surface area contributed by atoms with Crippen LogP contribution in [0.15, 0.2) is 35.3 Å². The first-order valence-electron chi connectivity index (χ1n) is 6.08. The molecule has 0 bridgehead atoms. The summed E-state index contributed by atoms with van der Waals surface area (Å²) in [6, 6.07) is 0. The summed E-state index contributed by atoms with van der Waals surface area (Å²) in [5.74, 6) is 0.412. The minimum atomic E-state index is -0.470. The number of nitrogens with two attached hydrogens (primary N) is 1. The highest BCUT2D eigenvalue weighted by Crippen LogP contribution is 2.31. The zero-order valence-corrected chi connectivity index (χ0v) is 11.5. The van der Waals surface area contributed by atoms with E-state index < -0.39 is 5.97 Å². The second-order valence-corrected chi connectivity index (χ2v) is 3.85. The predicted octanol–water partition coefficient (Wildman–Crippen LogP) is 3.49. The fourth-order valence-electron chi connectivity index (χ4n) is 1.67. The Morgan fingerprint density at radius 2 is 2.21 bits per heavy atom. The van der Waals surface area contributed by atoms with Crippen molar-refractivity contribution in [2.75, 3.05) is 12.3 Å². The largest absolute Gasteiger partial charge is 0.462 e. The quantitative estimate of drug-likeness (QED) is 0.650. The van der Waals surface area contributed by atoms with E-state index in [1.165, 1.54) is 0 Å². The van der Waals surface area contributed by atoms with E-state index >= 15 is 0 Å². The molecule has 0 aromatic carbocycles. The highest BCUT2D eigenvalue weighted by molar-refractivity contribution is 5.99. The Morgan fingerprint density at radius 1 is 1.53 bits per heavy atom. The van der Waals surface area contributed by atoms with Crippen LogP contribution in [0.3, 0.4) is 0 Å². The van der Waals surface area contributed by atoms with Crippen molar-refractivity contribution in [1.82, 2.24) is 0 Å². The molecule has 0 atom stereocenters. The number of carbonyl (C=O) groups excluding carboxylic acids is 1. The zero-order valence-electron chi connectivity index (χ0n) is 11.5. The highest BCUT2D eigenvalue weighted by atomic mass is 16.5. The molecule has 102 valence electrons. The number of anilines is 1. The molecular formula is C15H19NO3. The van der Waals surface area contributed by atoms with Crippen molar-refractivity contribution in [3.8, 4) is 0 Å². The van der Waals surface area contributed by atoms with Crippen molar-refractivity contribution in [3.05, 3.63) is 48.0 Å². The summed E-state index contributed by atoms with van der Waals surface area (Å²) in [4.78, 5) is 11.8. The maximum Gasteiger partial charge on any atom is 0.343 e. The van der Waals surface area contributed by atoms with E-state index in [1.807, 2.05) is 25.2 Å². The van der Waals surface area contributed by atoms with Gasteiger partial charge >= 0.3 is 5.97 Å². The first-order valence-corrected chi connectivity index (χ1v) is 6.08. The second kappa shape index (κ2) is 6.64. The Hall–Kier alpha value is -2.23. The normalized spacial score (nSPS) is 11.8. The smallest absolute Gasteiger partial charge is 0.343 e. The molecule has 0 saturated heterocycles. The molecule has 0 saturated carbocycles. The second-order valence-electron chi connectivity index (χ2n) is 3.85. The summed E-state index contributed by atoms with van der Waals surface area (Å²) < 4.78 is 10.5. The summed E-state index contributed by atoms with van der Waals surface area (Å²) in [7, 11) is 0. The molecule has 2 N–H and O–H groups in total.